The van der Waals surface area contributed by atoms with Crippen LogP contribution in [0, 0.1) is 17.8 Å². The first-order chi connectivity index (χ1) is 9.56. The molecule has 122 valence electrons. The molecular weight excluding hydrogens is 244 g/mol. The third-order valence-corrected chi connectivity index (χ3v) is 4.49. The van der Waals surface area contributed by atoms with Gasteiger partial charge in [0.1, 0.15) is 0 Å². The second kappa shape index (κ2) is 13.9. The van der Waals surface area contributed by atoms with Crippen molar-refractivity contribution >= 4 is 0 Å². The van der Waals surface area contributed by atoms with Crippen molar-refractivity contribution < 1.29 is 5.11 Å². The van der Waals surface area contributed by atoms with Gasteiger partial charge in [0.05, 0.1) is 0 Å². The van der Waals surface area contributed by atoms with E-state index in [4.69, 9.17) is 5.11 Å². The average molecular weight is 285 g/mol. The van der Waals surface area contributed by atoms with Gasteiger partial charge >= 0.3 is 0 Å². The van der Waals surface area contributed by atoms with Gasteiger partial charge in [-0.3, -0.25) is 0 Å². The molecule has 0 radical (unpaired) electrons. The number of aliphatic hydroxyl groups excluding tert-OH is 1. The minimum Gasteiger partial charge on any atom is -0.396 e. The Morgan fingerprint density at radius 3 is 1.50 bits per heavy atom. The fourth-order valence-corrected chi connectivity index (χ4v) is 2.90. The fraction of sp³-hybridized carbons (Fsp3) is 1.00. The first-order valence-corrected chi connectivity index (χ1v) is 9.17. The van der Waals surface area contributed by atoms with Crippen molar-refractivity contribution in [3.8, 4) is 0 Å². The molecule has 0 aromatic heterocycles. The summed E-state index contributed by atoms with van der Waals surface area (Å²) in [5, 5.41) is 8.85. The highest BCUT2D eigenvalue weighted by Crippen LogP contribution is 2.19. The first-order valence-electron chi connectivity index (χ1n) is 9.17. The van der Waals surface area contributed by atoms with Crippen LogP contribution in [0.5, 0.6) is 0 Å². The van der Waals surface area contributed by atoms with Gasteiger partial charge in [0.25, 0.3) is 0 Å². The summed E-state index contributed by atoms with van der Waals surface area (Å²) in [6.45, 7) is 9.69. The summed E-state index contributed by atoms with van der Waals surface area (Å²) >= 11 is 0. The van der Waals surface area contributed by atoms with Gasteiger partial charge < -0.3 is 5.11 Å². The van der Waals surface area contributed by atoms with Crippen molar-refractivity contribution in [3.05, 3.63) is 0 Å². The van der Waals surface area contributed by atoms with Gasteiger partial charge in [-0.15, -0.1) is 0 Å². The van der Waals surface area contributed by atoms with Crippen LogP contribution in [0.2, 0.25) is 0 Å². The summed E-state index contributed by atoms with van der Waals surface area (Å²) in [5.41, 5.74) is 0. The topological polar surface area (TPSA) is 20.2 Å². The van der Waals surface area contributed by atoms with Crippen LogP contribution in [0.4, 0.5) is 0 Å². The Morgan fingerprint density at radius 2 is 1.00 bits per heavy atom. The van der Waals surface area contributed by atoms with E-state index in [1.165, 1.54) is 64.2 Å². The summed E-state index contributed by atoms with van der Waals surface area (Å²) in [4.78, 5) is 0. The maximum atomic E-state index is 8.85. The Hall–Kier alpha value is -0.0400. The Kier molecular flexibility index (Phi) is 13.9. The van der Waals surface area contributed by atoms with E-state index >= 15 is 0 Å². The van der Waals surface area contributed by atoms with E-state index in [2.05, 4.69) is 27.7 Å². The van der Waals surface area contributed by atoms with Gasteiger partial charge in [-0.2, -0.15) is 0 Å². The maximum absolute atomic E-state index is 8.85. The summed E-state index contributed by atoms with van der Waals surface area (Å²) in [7, 11) is 0. The van der Waals surface area contributed by atoms with Crippen molar-refractivity contribution in [1.82, 2.24) is 0 Å². The average Bonchev–Trinajstić information content (AvgIpc) is 2.37. The van der Waals surface area contributed by atoms with E-state index in [-0.39, 0.29) is 0 Å². The molecule has 0 amide bonds. The SMILES string of the molecule is CC(C)CCC[C@H](C)CCCCCCC[C@H](C)CCO. The molecule has 0 aromatic carbocycles. The van der Waals surface area contributed by atoms with Crippen molar-refractivity contribution in [2.24, 2.45) is 17.8 Å². The second-order valence-electron chi connectivity index (χ2n) is 7.39. The van der Waals surface area contributed by atoms with Gasteiger partial charge in [0.2, 0.25) is 0 Å². The molecule has 0 aliphatic carbocycles. The molecule has 1 nitrogen and oxygen atoms in total. The summed E-state index contributed by atoms with van der Waals surface area (Å²) in [6.07, 6.45) is 14.9. The van der Waals surface area contributed by atoms with Crippen molar-refractivity contribution in [1.29, 1.82) is 0 Å². The Labute approximate surface area is 128 Å². The predicted octanol–water partition coefficient (Wildman–Crippen LogP) is 6.20. The van der Waals surface area contributed by atoms with Crippen molar-refractivity contribution in [2.75, 3.05) is 6.61 Å². The summed E-state index contributed by atoms with van der Waals surface area (Å²) in [6, 6.07) is 0. The van der Waals surface area contributed by atoms with E-state index in [1.54, 1.807) is 0 Å². The van der Waals surface area contributed by atoms with E-state index in [0.29, 0.717) is 12.5 Å². The van der Waals surface area contributed by atoms with E-state index in [9.17, 15) is 0 Å². The summed E-state index contributed by atoms with van der Waals surface area (Å²) < 4.78 is 0. The minimum absolute atomic E-state index is 0.357. The molecule has 1 N–H and O–H groups in total. The van der Waals surface area contributed by atoms with Gasteiger partial charge in [0.15, 0.2) is 0 Å². The molecule has 0 aliphatic rings. The third kappa shape index (κ3) is 14.4. The van der Waals surface area contributed by atoms with E-state index in [0.717, 1.165) is 18.3 Å². The second-order valence-corrected chi connectivity index (χ2v) is 7.39. The lowest BCUT2D eigenvalue weighted by Gasteiger charge is -2.12. The first kappa shape index (κ1) is 20.0. The molecular formula is C19H40O. The largest absolute Gasteiger partial charge is 0.396 e. The number of hydrogen-bond donors (Lipinski definition) is 1. The van der Waals surface area contributed by atoms with Crippen LogP contribution in [0.1, 0.15) is 98.3 Å². The molecule has 0 saturated heterocycles. The molecule has 0 fully saturated rings. The number of aliphatic hydroxyl groups is 1. The van der Waals surface area contributed by atoms with Gasteiger partial charge in [0, 0.05) is 6.61 Å². The van der Waals surface area contributed by atoms with Crippen LogP contribution < -0.4 is 0 Å². The Morgan fingerprint density at radius 1 is 0.550 bits per heavy atom. The van der Waals surface area contributed by atoms with Crippen molar-refractivity contribution in [2.45, 2.75) is 98.3 Å². The quantitative estimate of drug-likeness (QED) is 0.377. The normalized spacial score (nSPS) is 14.7. The van der Waals surface area contributed by atoms with Crippen LogP contribution in [0.3, 0.4) is 0 Å². The molecule has 0 heterocycles. The molecule has 1 heteroatoms. The van der Waals surface area contributed by atoms with Gasteiger partial charge in [-0.05, 0) is 24.2 Å². The van der Waals surface area contributed by atoms with E-state index in [1.807, 2.05) is 0 Å². The van der Waals surface area contributed by atoms with Crippen LogP contribution >= 0.6 is 0 Å². The Bertz CT molecular complexity index is 188. The number of unbranched alkanes of at least 4 members (excludes halogenated alkanes) is 4. The van der Waals surface area contributed by atoms with Crippen LogP contribution in [0.15, 0.2) is 0 Å². The lowest BCUT2D eigenvalue weighted by Crippen LogP contribution is -1.98. The molecule has 0 saturated carbocycles. The smallest absolute Gasteiger partial charge is 0.0433 e. The fourth-order valence-electron chi connectivity index (χ4n) is 2.90. The van der Waals surface area contributed by atoms with Crippen molar-refractivity contribution in [3.63, 3.8) is 0 Å². The highest BCUT2D eigenvalue weighted by molar-refractivity contribution is 4.57. The molecule has 0 bridgehead atoms. The van der Waals surface area contributed by atoms with Crippen LogP contribution in [-0.4, -0.2) is 11.7 Å². The molecule has 20 heavy (non-hydrogen) atoms. The number of rotatable bonds is 14. The molecule has 0 unspecified atom stereocenters. The monoisotopic (exact) mass is 284 g/mol. The minimum atomic E-state index is 0.357. The lowest BCUT2D eigenvalue weighted by atomic mass is 9.94. The maximum Gasteiger partial charge on any atom is 0.0433 e. The molecule has 0 aliphatic heterocycles. The van der Waals surface area contributed by atoms with Crippen LogP contribution in [0.25, 0.3) is 0 Å². The zero-order valence-electron chi connectivity index (χ0n) is 14.7. The lowest BCUT2D eigenvalue weighted by molar-refractivity contribution is 0.256. The zero-order chi connectivity index (χ0) is 15.2. The van der Waals surface area contributed by atoms with E-state index < -0.39 is 0 Å². The molecule has 0 rings (SSSR count). The summed E-state index contributed by atoms with van der Waals surface area (Å²) in [5.74, 6) is 2.51. The number of hydrogen-bond acceptors (Lipinski definition) is 1. The highest BCUT2D eigenvalue weighted by atomic mass is 16.3. The predicted molar refractivity (Wildman–Crippen MR) is 91.0 cm³/mol. The highest BCUT2D eigenvalue weighted by Gasteiger charge is 2.04. The third-order valence-electron chi connectivity index (χ3n) is 4.49. The van der Waals surface area contributed by atoms with Gasteiger partial charge in [-0.25, -0.2) is 0 Å². The zero-order valence-corrected chi connectivity index (χ0v) is 14.7. The molecule has 0 aromatic rings. The van der Waals surface area contributed by atoms with Crippen LogP contribution in [-0.2, 0) is 0 Å². The standard InChI is InChI=1S/C19H40O/c1-17(2)11-10-14-18(3)12-8-6-5-7-9-13-19(4)15-16-20/h17-20H,5-16H2,1-4H3/t18-,19+/m1/s1. The molecule has 2 atom stereocenters. The van der Waals surface area contributed by atoms with Gasteiger partial charge in [-0.1, -0.05) is 91.9 Å². The Balaban J connectivity index is 3.22. The molecule has 0 spiro atoms.